The lowest BCUT2D eigenvalue weighted by molar-refractivity contribution is 0.591. The number of pyridine rings is 1. The third kappa shape index (κ3) is 3.45. The Balaban J connectivity index is 1.41. The van der Waals surface area contributed by atoms with E-state index in [0.29, 0.717) is 12.2 Å². The van der Waals surface area contributed by atoms with Crippen LogP contribution in [0.25, 0.3) is 10.9 Å². The van der Waals surface area contributed by atoms with Crippen LogP contribution in [0.15, 0.2) is 77.8 Å². The van der Waals surface area contributed by atoms with E-state index in [-0.39, 0.29) is 4.90 Å². The molecule has 1 aliphatic rings. The van der Waals surface area contributed by atoms with Gasteiger partial charge in [-0.25, -0.2) is 13.4 Å². The van der Waals surface area contributed by atoms with Crippen LogP contribution in [-0.2, 0) is 23.0 Å². The van der Waals surface area contributed by atoms with Gasteiger partial charge in [-0.15, -0.1) is 0 Å². The number of anilines is 2. The number of rotatable bonds is 5. The van der Waals surface area contributed by atoms with Crippen molar-refractivity contribution in [3.8, 4) is 0 Å². The van der Waals surface area contributed by atoms with Gasteiger partial charge in [-0.2, -0.15) is 0 Å². The van der Waals surface area contributed by atoms with Crippen LogP contribution < -0.4 is 9.21 Å². The summed E-state index contributed by atoms with van der Waals surface area (Å²) in [6.45, 7) is 3.77. The molecule has 0 atom stereocenters. The maximum absolute atomic E-state index is 13.2. The molecule has 1 N–H and O–H groups in total. The highest BCUT2D eigenvalue weighted by atomic mass is 32.2. The quantitative estimate of drug-likeness (QED) is 0.509. The summed E-state index contributed by atoms with van der Waals surface area (Å²) in [6, 6.07) is 21.0. The molecule has 0 aliphatic carbocycles. The number of nitrogens with one attached hydrogen (secondary N) is 1. The molecule has 7 heteroatoms. The Bertz CT molecular complexity index is 1310. The molecule has 31 heavy (non-hydrogen) atoms. The Morgan fingerprint density at radius 2 is 1.81 bits per heavy atom. The smallest absolute Gasteiger partial charge is 0.265 e. The first kappa shape index (κ1) is 19.6. The number of hydrogen-bond donors (Lipinski definition) is 1. The van der Waals surface area contributed by atoms with Crippen molar-refractivity contribution < 1.29 is 8.42 Å². The molecular weight excluding hydrogens is 408 g/mol. The Kier molecular flexibility index (Phi) is 4.90. The van der Waals surface area contributed by atoms with E-state index in [1.807, 2.05) is 37.3 Å². The number of benzene rings is 2. The summed E-state index contributed by atoms with van der Waals surface area (Å²) in [5, 5.41) is 1.24. The van der Waals surface area contributed by atoms with E-state index in [9.17, 15) is 8.42 Å². The molecule has 0 saturated carbocycles. The summed E-state index contributed by atoms with van der Waals surface area (Å²) >= 11 is 0. The van der Waals surface area contributed by atoms with Crippen molar-refractivity contribution in [3.05, 3.63) is 84.2 Å². The molecule has 0 amide bonds. The standard InChI is InChI=1S/C24H24N4O2S/c1-2-28(18-8-4-3-5-9-18)31(29,30)19-12-13-24(25-16-19)27-15-14-23-21(17-27)20-10-6-7-11-22(20)26-23/h3-13,16,26H,2,14-15,17H2,1H3. The molecule has 4 aromatic rings. The topological polar surface area (TPSA) is 69.3 Å². The number of nitrogens with zero attached hydrogens (tertiary/aromatic N) is 3. The highest BCUT2D eigenvalue weighted by Crippen LogP contribution is 2.30. The summed E-state index contributed by atoms with van der Waals surface area (Å²) < 4.78 is 27.8. The molecule has 0 fully saturated rings. The van der Waals surface area contributed by atoms with Crippen LogP contribution in [0.1, 0.15) is 18.2 Å². The number of fused-ring (bicyclic) bond motifs is 3. The second-order valence-electron chi connectivity index (χ2n) is 7.66. The molecule has 0 bridgehead atoms. The van der Waals surface area contributed by atoms with Crippen LogP contribution in [0.4, 0.5) is 11.5 Å². The van der Waals surface area contributed by atoms with Crippen molar-refractivity contribution in [2.24, 2.45) is 0 Å². The Morgan fingerprint density at radius 1 is 1.03 bits per heavy atom. The van der Waals surface area contributed by atoms with Gasteiger partial charge in [0, 0.05) is 54.4 Å². The molecule has 0 unspecified atom stereocenters. The maximum Gasteiger partial charge on any atom is 0.265 e. The number of sulfonamides is 1. The van der Waals surface area contributed by atoms with Gasteiger partial charge in [0.05, 0.1) is 5.69 Å². The van der Waals surface area contributed by atoms with Crippen LogP contribution in [-0.4, -0.2) is 31.5 Å². The zero-order valence-corrected chi connectivity index (χ0v) is 18.1. The van der Waals surface area contributed by atoms with Gasteiger partial charge in [0.15, 0.2) is 0 Å². The highest BCUT2D eigenvalue weighted by Gasteiger charge is 2.25. The number of para-hydroxylation sites is 2. The third-order valence-electron chi connectivity index (χ3n) is 5.85. The molecule has 2 aromatic heterocycles. The predicted molar refractivity (Wildman–Crippen MR) is 124 cm³/mol. The van der Waals surface area contributed by atoms with Crippen molar-refractivity contribution in [2.45, 2.75) is 24.8 Å². The molecule has 5 rings (SSSR count). The van der Waals surface area contributed by atoms with Gasteiger partial charge >= 0.3 is 0 Å². The summed E-state index contributed by atoms with van der Waals surface area (Å²) in [7, 11) is -3.67. The minimum Gasteiger partial charge on any atom is -0.358 e. The number of H-pyrrole nitrogens is 1. The van der Waals surface area contributed by atoms with E-state index in [0.717, 1.165) is 30.8 Å². The number of hydrogen-bond acceptors (Lipinski definition) is 4. The summed E-state index contributed by atoms with van der Waals surface area (Å²) in [5.41, 5.74) is 4.38. The van der Waals surface area contributed by atoms with Crippen LogP contribution in [0.2, 0.25) is 0 Å². The molecule has 0 radical (unpaired) electrons. The highest BCUT2D eigenvalue weighted by molar-refractivity contribution is 7.92. The molecule has 3 heterocycles. The first-order chi connectivity index (χ1) is 15.1. The second kappa shape index (κ2) is 7.74. The van der Waals surface area contributed by atoms with E-state index in [2.05, 4.69) is 33.1 Å². The summed E-state index contributed by atoms with van der Waals surface area (Å²) in [5.74, 6) is 0.789. The first-order valence-electron chi connectivity index (χ1n) is 10.4. The number of aromatic amines is 1. The van der Waals surface area contributed by atoms with Crippen molar-refractivity contribution >= 4 is 32.4 Å². The Labute approximate surface area is 182 Å². The average Bonchev–Trinajstić information content (AvgIpc) is 3.18. The number of aromatic nitrogens is 2. The monoisotopic (exact) mass is 432 g/mol. The first-order valence-corrected chi connectivity index (χ1v) is 11.9. The lowest BCUT2D eigenvalue weighted by Gasteiger charge is -2.28. The normalized spacial score (nSPS) is 13.9. The van der Waals surface area contributed by atoms with Gasteiger partial charge in [0.1, 0.15) is 10.7 Å². The van der Waals surface area contributed by atoms with Crippen molar-refractivity contribution in [1.29, 1.82) is 0 Å². The van der Waals surface area contributed by atoms with Gasteiger partial charge in [-0.05, 0) is 37.3 Å². The molecule has 2 aromatic carbocycles. The van der Waals surface area contributed by atoms with Crippen LogP contribution in [0.5, 0.6) is 0 Å². The minimum absolute atomic E-state index is 0.201. The minimum atomic E-state index is -3.67. The zero-order chi connectivity index (χ0) is 21.4. The fourth-order valence-corrected chi connectivity index (χ4v) is 5.71. The molecule has 0 spiro atoms. The zero-order valence-electron chi connectivity index (χ0n) is 17.3. The molecule has 0 saturated heterocycles. The molecule has 6 nitrogen and oxygen atoms in total. The fraction of sp³-hybridized carbons (Fsp3) is 0.208. The fourth-order valence-electron chi connectivity index (χ4n) is 4.29. The van der Waals surface area contributed by atoms with Crippen LogP contribution in [0.3, 0.4) is 0 Å². The lowest BCUT2D eigenvalue weighted by atomic mass is 10.0. The van der Waals surface area contributed by atoms with Gasteiger partial charge in [0.2, 0.25) is 0 Å². The van der Waals surface area contributed by atoms with Gasteiger partial charge in [-0.1, -0.05) is 36.4 Å². The van der Waals surface area contributed by atoms with E-state index in [4.69, 9.17) is 0 Å². The van der Waals surface area contributed by atoms with E-state index in [1.165, 1.54) is 27.1 Å². The van der Waals surface area contributed by atoms with Crippen molar-refractivity contribution in [2.75, 3.05) is 22.3 Å². The Hall–Kier alpha value is -3.32. The molecule has 158 valence electrons. The predicted octanol–water partition coefficient (Wildman–Crippen LogP) is 4.34. The van der Waals surface area contributed by atoms with E-state index >= 15 is 0 Å². The largest absolute Gasteiger partial charge is 0.358 e. The SMILES string of the molecule is CCN(c1ccccc1)S(=O)(=O)c1ccc(N2CCc3[nH]c4ccccc4c3C2)nc1. The average molecular weight is 433 g/mol. The second-order valence-corrected chi connectivity index (χ2v) is 9.52. The van der Waals surface area contributed by atoms with Crippen LogP contribution in [0, 0.1) is 0 Å². The van der Waals surface area contributed by atoms with Crippen LogP contribution >= 0.6 is 0 Å². The van der Waals surface area contributed by atoms with Gasteiger partial charge in [-0.3, -0.25) is 4.31 Å². The molecular formula is C24H24N4O2S. The summed E-state index contributed by atoms with van der Waals surface area (Å²) in [4.78, 5) is 10.4. The molecule has 1 aliphatic heterocycles. The van der Waals surface area contributed by atoms with Gasteiger partial charge in [0.25, 0.3) is 10.0 Å². The third-order valence-corrected chi connectivity index (χ3v) is 7.73. The van der Waals surface area contributed by atoms with Crippen molar-refractivity contribution in [3.63, 3.8) is 0 Å². The Morgan fingerprint density at radius 3 is 2.55 bits per heavy atom. The summed E-state index contributed by atoms with van der Waals surface area (Å²) in [6.07, 6.45) is 2.38. The van der Waals surface area contributed by atoms with E-state index < -0.39 is 10.0 Å². The van der Waals surface area contributed by atoms with E-state index in [1.54, 1.807) is 18.2 Å². The lowest BCUT2D eigenvalue weighted by Crippen LogP contribution is -2.32. The van der Waals surface area contributed by atoms with Crippen molar-refractivity contribution in [1.82, 2.24) is 9.97 Å². The maximum atomic E-state index is 13.2. The van der Waals surface area contributed by atoms with Gasteiger partial charge < -0.3 is 9.88 Å².